The average molecular weight is 342 g/mol. The first-order valence-electron chi connectivity index (χ1n) is 9.33. The third kappa shape index (κ3) is 4.45. The minimum Gasteiger partial charge on any atom is -0.368 e. The van der Waals surface area contributed by atoms with Crippen LogP contribution in [0.1, 0.15) is 19.2 Å². The number of nitrogens with two attached hydrogens (primary N) is 1. The fourth-order valence-corrected chi connectivity index (χ4v) is 3.43. The van der Waals surface area contributed by atoms with Crippen LogP contribution in [0.5, 0.6) is 0 Å². The summed E-state index contributed by atoms with van der Waals surface area (Å²) in [5.74, 6) is 1.75. The van der Waals surface area contributed by atoms with Gasteiger partial charge in [-0.05, 0) is 32.1 Å². The second-order valence-corrected chi connectivity index (χ2v) is 6.83. The lowest BCUT2D eigenvalue weighted by atomic mass is 10.1. The molecule has 3 rings (SSSR count). The highest BCUT2D eigenvalue weighted by atomic mass is 15.3. The quantitative estimate of drug-likeness (QED) is 0.796. The van der Waals surface area contributed by atoms with E-state index in [2.05, 4.69) is 40.1 Å². The molecule has 0 bridgehead atoms. The first kappa shape index (κ1) is 18.0. The summed E-state index contributed by atoms with van der Waals surface area (Å²) < 4.78 is 0. The number of aromatic nitrogens is 2. The van der Waals surface area contributed by atoms with E-state index in [1.165, 1.54) is 0 Å². The molecule has 0 spiro atoms. The normalized spacial score (nSPS) is 17.7. The number of nitrogens with one attached hydrogen (secondary N) is 1. The molecule has 0 radical (unpaired) electrons. The summed E-state index contributed by atoms with van der Waals surface area (Å²) in [4.78, 5) is 14.3. The summed E-state index contributed by atoms with van der Waals surface area (Å²) >= 11 is 0. The highest BCUT2D eigenvalue weighted by molar-refractivity contribution is 5.88. The number of piperazine rings is 1. The lowest BCUT2D eigenvalue weighted by Gasteiger charge is -2.37. The van der Waals surface area contributed by atoms with Crippen molar-refractivity contribution in [2.45, 2.75) is 25.8 Å². The van der Waals surface area contributed by atoms with Gasteiger partial charge in [0.1, 0.15) is 11.6 Å². The molecule has 6 nitrogen and oxygen atoms in total. The number of para-hydroxylation sites is 1. The summed E-state index contributed by atoms with van der Waals surface area (Å²) in [5.41, 5.74) is 6.68. The molecule has 1 aromatic carbocycles. The van der Waals surface area contributed by atoms with Crippen molar-refractivity contribution >= 4 is 16.7 Å². The van der Waals surface area contributed by atoms with Crippen LogP contribution in [0.2, 0.25) is 0 Å². The molecule has 2 aromatic rings. The number of likely N-dealkylation sites (N-methyl/N-ethyl adjacent to an activating group) is 1. The second-order valence-electron chi connectivity index (χ2n) is 6.83. The van der Waals surface area contributed by atoms with Gasteiger partial charge in [0.15, 0.2) is 0 Å². The van der Waals surface area contributed by atoms with Gasteiger partial charge >= 0.3 is 0 Å². The van der Waals surface area contributed by atoms with Crippen LogP contribution in [0.3, 0.4) is 0 Å². The Hall–Kier alpha value is -1.76. The molecule has 0 amide bonds. The highest BCUT2D eigenvalue weighted by Gasteiger charge is 2.21. The largest absolute Gasteiger partial charge is 0.368 e. The molecule has 1 fully saturated rings. The van der Waals surface area contributed by atoms with Crippen LogP contribution in [0.15, 0.2) is 24.3 Å². The van der Waals surface area contributed by atoms with Crippen molar-refractivity contribution in [3.63, 3.8) is 0 Å². The summed E-state index contributed by atoms with van der Waals surface area (Å²) in [6.45, 7) is 8.31. The minimum absolute atomic E-state index is 0.528. The third-order valence-electron chi connectivity index (χ3n) is 5.05. The van der Waals surface area contributed by atoms with Gasteiger partial charge in [0, 0.05) is 50.6 Å². The summed E-state index contributed by atoms with van der Waals surface area (Å²) in [7, 11) is 2.20. The van der Waals surface area contributed by atoms with E-state index in [1.54, 1.807) is 0 Å². The lowest BCUT2D eigenvalue weighted by Crippen LogP contribution is -2.50. The van der Waals surface area contributed by atoms with Gasteiger partial charge < -0.3 is 16.0 Å². The number of benzene rings is 1. The molecule has 25 heavy (non-hydrogen) atoms. The maximum absolute atomic E-state index is 5.70. The average Bonchev–Trinajstić information content (AvgIpc) is 2.63. The molecule has 1 aliphatic rings. The molecule has 0 saturated carbocycles. The third-order valence-corrected chi connectivity index (χ3v) is 5.05. The molecule has 1 aromatic heterocycles. The van der Waals surface area contributed by atoms with Crippen LogP contribution in [0.4, 0.5) is 5.82 Å². The molecule has 2 heterocycles. The van der Waals surface area contributed by atoms with E-state index in [1.807, 2.05) is 18.2 Å². The van der Waals surface area contributed by atoms with Gasteiger partial charge in [-0.25, -0.2) is 9.97 Å². The van der Waals surface area contributed by atoms with Gasteiger partial charge in [-0.2, -0.15) is 0 Å². The zero-order chi connectivity index (χ0) is 17.6. The Morgan fingerprint density at radius 2 is 1.92 bits per heavy atom. The van der Waals surface area contributed by atoms with Crippen molar-refractivity contribution in [1.82, 2.24) is 19.8 Å². The smallest absolute Gasteiger partial charge is 0.137 e. The molecular weight excluding hydrogens is 312 g/mol. The molecule has 6 heteroatoms. The van der Waals surface area contributed by atoms with Gasteiger partial charge in [-0.1, -0.05) is 19.1 Å². The molecule has 3 N–H and O–H groups in total. The van der Waals surface area contributed by atoms with Gasteiger partial charge in [0.25, 0.3) is 0 Å². The van der Waals surface area contributed by atoms with E-state index in [-0.39, 0.29) is 0 Å². The first-order valence-corrected chi connectivity index (χ1v) is 9.33. The Kier molecular flexibility index (Phi) is 6.18. The second kappa shape index (κ2) is 8.56. The monoisotopic (exact) mass is 342 g/mol. The standard InChI is InChI=1S/C19H30N6/c1-3-15(25-12-10-24(2)11-13-25)14-21-19-16-6-4-5-7-17(16)22-18(23-19)8-9-20/h4-7,15H,3,8-14,20H2,1-2H3,(H,21,22,23)/t15-/m1/s1. The molecular formula is C19H30N6. The van der Waals surface area contributed by atoms with Gasteiger partial charge in [-0.3, -0.25) is 4.90 Å². The number of fused-ring (bicyclic) bond motifs is 1. The van der Waals surface area contributed by atoms with Crippen LogP contribution in [-0.4, -0.2) is 72.1 Å². The summed E-state index contributed by atoms with van der Waals surface area (Å²) in [5, 5.41) is 4.68. The van der Waals surface area contributed by atoms with E-state index in [0.29, 0.717) is 19.0 Å². The van der Waals surface area contributed by atoms with Gasteiger partial charge in [-0.15, -0.1) is 0 Å². The molecule has 1 atom stereocenters. The van der Waals surface area contributed by atoms with Gasteiger partial charge in [0.05, 0.1) is 5.52 Å². The SMILES string of the molecule is CC[C@H](CNc1nc(CCN)nc2ccccc12)N1CCN(C)CC1. The van der Waals surface area contributed by atoms with Crippen molar-refractivity contribution < 1.29 is 0 Å². The number of hydrogen-bond acceptors (Lipinski definition) is 6. The van der Waals surface area contributed by atoms with Crippen LogP contribution in [0, 0.1) is 0 Å². The fraction of sp³-hybridized carbons (Fsp3) is 0.579. The fourth-order valence-electron chi connectivity index (χ4n) is 3.43. The number of rotatable bonds is 7. The first-order chi connectivity index (χ1) is 12.2. The van der Waals surface area contributed by atoms with Crippen LogP contribution in [0.25, 0.3) is 10.9 Å². The van der Waals surface area contributed by atoms with Crippen LogP contribution >= 0.6 is 0 Å². The van der Waals surface area contributed by atoms with Crippen molar-refractivity contribution in [1.29, 1.82) is 0 Å². The predicted octanol–water partition coefficient (Wildman–Crippen LogP) is 1.57. The van der Waals surface area contributed by atoms with Crippen LogP contribution in [-0.2, 0) is 6.42 Å². The lowest BCUT2D eigenvalue weighted by molar-refractivity contribution is 0.114. The van der Waals surface area contributed by atoms with Crippen LogP contribution < -0.4 is 11.1 Å². The number of nitrogens with zero attached hydrogens (tertiary/aromatic N) is 4. The van der Waals surface area contributed by atoms with Crippen molar-refractivity contribution in [3.8, 4) is 0 Å². The number of hydrogen-bond donors (Lipinski definition) is 2. The van der Waals surface area contributed by atoms with E-state index >= 15 is 0 Å². The summed E-state index contributed by atoms with van der Waals surface area (Å²) in [6.07, 6.45) is 1.84. The Bertz CT molecular complexity index is 681. The highest BCUT2D eigenvalue weighted by Crippen LogP contribution is 2.21. The number of anilines is 1. The van der Waals surface area contributed by atoms with Gasteiger partial charge in [0.2, 0.25) is 0 Å². The molecule has 136 valence electrons. The van der Waals surface area contributed by atoms with E-state index < -0.39 is 0 Å². The Balaban J connectivity index is 1.74. The molecule has 1 saturated heterocycles. The predicted molar refractivity (Wildman–Crippen MR) is 104 cm³/mol. The molecule has 0 aliphatic carbocycles. The van der Waals surface area contributed by atoms with Crippen molar-refractivity contribution in [2.24, 2.45) is 5.73 Å². The Morgan fingerprint density at radius 1 is 1.16 bits per heavy atom. The molecule has 0 unspecified atom stereocenters. The molecule has 1 aliphatic heterocycles. The minimum atomic E-state index is 0.528. The van der Waals surface area contributed by atoms with E-state index in [4.69, 9.17) is 10.7 Å². The topological polar surface area (TPSA) is 70.3 Å². The van der Waals surface area contributed by atoms with E-state index in [9.17, 15) is 0 Å². The maximum atomic E-state index is 5.70. The van der Waals surface area contributed by atoms with Crippen molar-refractivity contribution in [2.75, 3.05) is 51.6 Å². The zero-order valence-electron chi connectivity index (χ0n) is 15.4. The Morgan fingerprint density at radius 3 is 2.64 bits per heavy atom. The zero-order valence-corrected chi connectivity index (χ0v) is 15.4. The Labute approximate surface area is 150 Å². The van der Waals surface area contributed by atoms with Crippen molar-refractivity contribution in [3.05, 3.63) is 30.1 Å². The van der Waals surface area contributed by atoms with E-state index in [0.717, 1.165) is 61.7 Å². The summed E-state index contributed by atoms with van der Waals surface area (Å²) in [6, 6.07) is 8.71. The maximum Gasteiger partial charge on any atom is 0.137 e.